The molecular weight excluding hydrogens is 140 g/mol. The van der Waals surface area contributed by atoms with E-state index in [2.05, 4.69) is 0 Å². The topological polar surface area (TPSA) is 47.3 Å². The number of allylic oxidation sites excluding steroid dienone is 1. The lowest BCUT2D eigenvalue weighted by Gasteiger charge is -2.32. The number of aliphatic hydroxyl groups is 1. The molecule has 11 heavy (non-hydrogen) atoms. The van der Waals surface area contributed by atoms with Gasteiger partial charge in [0.1, 0.15) is 0 Å². The van der Waals surface area contributed by atoms with Crippen LogP contribution in [0.15, 0.2) is 12.3 Å². The summed E-state index contributed by atoms with van der Waals surface area (Å²) >= 11 is 0. The van der Waals surface area contributed by atoms with Crippen LogP contribution < -0.4 is 0 Å². The first kappa shape index (κ1) is 9.99. The van der Waals surface area contributed by atoms with Crippen molar-refractivity contribution in [1.82, 2.24) is 4.90 Å². The van der Waals surface area contributed by atoms with E-state index in [1.54, 1.807) is 11.1 Å². The van der Waals surface area contributed by atoms with Crippen molar-refractivity contribution < 1.29 is 5.11 Å². The molecule has 0 amide bonds. The molecule has 0 aromatic rings. The molecule has 0 rings (SSSR count). The summed E-state index contributed by atoms with van der Waals surface area (Å²) in [6.07, 6.45) is 3.04. The minimum atomic E-state index is -0.298. The van der Waals surface area contributed by atoms with Crippen LogP contribution in [-0.4, -0.2) is 29.2 Å². The molecule has 0 radical (unpaired) electrons. The maximum Gasteiger partial charge on any atom is 0.0927 e. The Bertz CT molecular complexity index is 179. The Morgan fingerprint density at radius 2 is 2.18 bits per heavy atom. The summed E-state index contributed by atoms with van der Waals surface area (Å²) < 4.78 is 0. The summed E-state index contributed by atoms with van der Waals surface area (Å²) in [6.45, 7) is 3.86. The van der Waals surface area contributed by atoms with E-state index in [0.29, 0.717) is 0 Å². The lowest BCUT2D eigenvalue weighted by atomic mass is 10.1. The Morgan fingerprint density at radius 1 is 1.64 bits per heavy atom. The zero-order valence-electron chi connectivity index (χ0n) is 7.20. The van der Waals surface area contributed by atoms with Gasteiger partial charge in [0.2, 0.25) is 0 Å². The monoisotopic (exact) mass is 154 g/mol. The minimum Gasteiger partial charge on any atom is -0.394 e. The van der Waals surface area contributed by atoms with Crippen molar-refractivity contribution in [2.75, 3.05) is 13.7 Å². The Labute approximate surface area is 67.6 Å². The quantitative estimate of drug-likeness (QED) is 0.609. The fraction of sp³-hybridized carbons (Fsp3) is 0.625. The van der Waals surface area contributed by atoms with Gasteiger partial charge >= 0.3 is 0 Å². The third-order valence-corrected chi connectivity index (χ3v) is 1.71. The van der Waals surface area contributed by atoms with Crippen LogP contribution >= 0.6 is 0 Å². The number of nitriles is 1. The van der Waals surface area contributed by atoms with Crippen molar-refractivity contribution >= 4 is 0 Å². The highest BCUT2D eigenvalue weighted by Gasteiger charge is 2.18. The average Bonchev–Trinajstić information content (AvgIpc) is 2.00. The van der Waals surface area contributed by atoms with Gasteiger partial charge in [0.25, 0.3) is 0 Å². The molecule has 0 aromatic carbocycles. The zero-order valence-corrected chi connectivity index (χ0v) is 7.20. The van der Waals surface area contributed by atoms with Crippen molar-refractivity contribution in [2.45, 2.75) is 19.4 Å². The van der Waals surface area contributed by atoms with Crippen LogP contribution in [0.25, 0.3) is 0 Å². The van der Waals surface area contributed by atoms with Crippen molar-refractivity contribution in [3.8, 4) is 6.07 Å². The van der Waals surface area contributed by atoms with Gasteiger partial charge in [0, 0.05) is 19.3 Å². The predicted octanol–water partition coefficient (Wildman–Crippen LogP) is 0.726. The van der Waals surface area contributed by atoms with E-state index < -0.39 is 0 Å². The summed E-state index contributed by atoms with van der Waals surface area (Å²) in [4.78, 5) is 1.80. The van der Waals surface area contributed by atoms with E-state index >= 15 is 0 Å². The third kappa shape index (κ3) is 3.06. The molecule has 0 saturated carbocycles. The van der Waals surface area contributed by atoms with Gasteiger partial charge in [-0.1, -0.05) is 0 Å². The largest absolute Gasteiger partial charge is 0.394 e. The van der Waals surface area contributed by atoms with Crippen LogP contribution in [0.1, 0.15) is 13.8 Å². The second-order valence-electron chi connectivity index (χ2n) is 3.03. The highest BCUT2D eigenvalue weighted by molar-refractivity contribution is 5.02. The van der Waals surface area contributed by atoms with Crippen LogP contribution in [0.4, 0.5) is 0 Å². The van der Waals surface area contributed by atoms with Crippen molar-refractivity contribution in [1.29, 1.82) is 5.26 Å². The van der Waals surface area contributed by atoms with Gasteiger partial charge in [0.15, 0.2) is 0 Å². The molecule has 0 atom stereocenters. The molecule has 0 spiro atoms. The van der Waals surface area contributed by atoms with Crippen molar-refractivity contribution in [3.63, 3.8) is 0 Å². The Morgan fingerprint density at radius 3 is 2.55 bits per heavy atom. The standard InChI is InChI=1S/C8H14N2O/c1-8(2,7-11)10(3)6-4-5-9/h4,6,11H,7H2,1-3H3/b6-4+. The molecular formula is C8H14N2O. The molecule has 3 nitrogen and oxygen atoms in total. The lowest BCUT2D eigenvalue weighted by Crippen LogP contribution is -2.40. The molecule has 3 heteroatoms. The number of hydrogen-bond acceptors (Lipinski definition) is 3. The zero-order chi connectivity index (χ0) is 8.91. The van der Waals surface area contributed by atoms with Gasteiger partial charge in [-0.2, -0.15) is 5.26 Å². The number of likely N-dealkylation sites (N-methyl/N-ethyl adjacent to an activating group) is 1. The molecule has 0 aliphatic rings. The molecule has 0 saturated heterocycles. The van der Waals surface area contributed by atoms with Gasteiger partial charge in [-0.3, -0.25) is 0 Å². The number of nitrogens with zero attached hydrogens (tertiary/aromatic N) is 2. The van der Waals surface area contributed by atoms with E-state index in [1.807, 2.05) is 27.0 Å². The van der Waals surface area contributed by atoms with Crippen molar-refractivity contribution in [2.24, 2.45) is 0 Å². The second kappa shape index (κ2) is 3.99. The van der Waals surface area contributed by atoms with Crippen LogP contribution in [0, 0.1) is 11.3 Å². The Hall–Kier alpha value is -1.01. The van der Waals surface area contributed by atoms with Crippen molar-refractivity contribution in [3.05, 3.63) is 12.3 Å². The fourth-order valence-corrected chi connectivity index (χ4v) is 0.458. The molecule has 62 valence electrons. The molecule has 0 bridgehead atoms. The van der Waals surface area contributed by atoms with Gasteiger partial charge in [-0.15, -0.1) is 0 Å². The molecule has 0 fully saturated rings. The van der Waals surface area contributed by atoms with Gasteiger partial charge < -0.3 is 10.0 Å². The molecule has 1 N–H and O–H groups in total. The van der Waals surface area contributed by atoms with Crippen LogP contribution in [0.3, 0.4) is 0 Å². The normalized spacial score (nSPS) is 11.5. The van der Waals surface area contributed by atoms with Crippen LogP contribution in [-0.2, 0) is 0 Å². The van der Waals surface area contributed by atoms with Crippen LogP contribution in [0.2, 0.25) is 0 Å². The highest BCUT2D eigenvalue weighted by atomic mass is 16.3. The first-order chi connectivity index (χ1) is 5.04. The summed E-state index contributed by atoms with van der Waals surface area (Å²) in [7, 11) is 1.82. The summed E-state index contributed by atoms with van der Waals surface area (Å²) in [5.41, 5.74) is -0.298. The molecule has 0 aromatic heterocycles. The molecule has 0 aliphatic carbocycles. The second-order valence-corrected chi connectivity index (χ2v) is 3.03. The van der Waals surface area contributed by atoms with Crippen LogP contribution in [0.5, 0.6) is 0 Å². The fourth-order valence-electron chi connectivity index (χ4n) is 0.458. The first-order valence-corrected chi connectivity index (χ1v) is 3.44. The van der Waals surface area contributed by atoms with E-state index in [4.69, 9.17) is 10.4 Å². The Kier molecular flexibility index (Phi) is 3.63. The minimum absolute atomic E-state index is 0.0687. The maximum absolute atomic E-state index is 8.91. The van der Waals surface area contributed by atoms with Gasteiger partial charge in [-0.25, -0.2) is 0 Å². The number of hydrogen-bond donors (Lipinski definition) is 1. The summed E-state index contributed by atoms with van der Waals surface area (Å²) in [5.74, 6) is 0. The molecule has 0 heterocycles. The first-order valence-electron chi connectivity index (χ1n) is 3.44. The highest BCUT2D eigenvalue weighted by Crippen LogP contribution is 2.10. The third-order valence-electron chi connectivity index (χ3n) is 1.71. The van der Waals surface area contributed by atoms with E-state index in [-0.39, 0.29) is 12.1 Å². The van der Waals surface area contributed by atoms with E-state index in [1.165, 1.54) is 6.08 Å². The smallest absolute Gasteiger partial charge is 0.0927 e. The predicted molar refractivity (Wildman–Crippen MR) is 43.7 cm³/mol. The summed E-state index contributed by atoms with van der Waals surface area (Å²) in [5, 5.41) is 17.1. The lowest BCUT2D eigenvalue weighted by molar-refractivity contribution is 0.116. The van der Waals surface area contributed by atoms with Gasteiger partial charge in [0.05, 0.1) is 18.2 Å². The van der Waals surface area contributed by atoms with E-state index in [9.17, 15) is 0 Å². The Balaban J connectivity index is 4.14. The SMILES string of the molecule is CN(/C=C/C#N)C(C)(C)CO. The average molecular weight is 154 g/mol. The molecule has 0 aliphatic heterocycles. The van der Waals surface area contributed by atoms with Gasteiger partial charge in [-0.05, 0) is 13.8 Å². The summed E-state index contributed by atoms with van der Waals surface area (Å²) in [6, 6.07) is 1.89. The maximum atomic E-state index is 8.91. The molecule has 0 unspecified atom stereocenters. The van der Waals surface area contributed by atoms with E-state index in [0.717, 1.165) is 0 Å². The number of aliphatic hydroxyl groups excluding tert-OH is 1. The number of rotatable bonds is 3.